The lowest BCUT2D eigenvalue weighted by Crippen LogP contribution is -1.82. The van der Waals surface area contributed by atoms with Crippen LogP contribution in [0.4, 0.5) is 0 Å². The highest BCUT2D eigenvalue weighted by molar-refractivity contribution is 9.24. The molecule has 2 aromatic rings. The van der Waals surface area contributed by atoms with Gasteiger partial charge >= 0.3 is 0 Å². The molecular weight excluding hydrogens is 304 g/mol. The van der Waals surface area contributed by atoms with Gasteiger partial charge in [0, 0.05) is 5.56 Å². The molecule has 0 fully saturated rings. The molecule has 1 aromatic carbocycles. The van der Waals surface area contributed by atoms with E-state index in [1.807, 2.05) is 18.2 Å². The van der Waals surface area contributed by atoms with Crippen LogP contribution in [0.2, 0.25) is 0 Å². The van der Waals surface area contributed by atoms with Crippen LogP contribution in [-0.2, 0) is 0 Å². The van der Waals surface area contributed by atoms with Crippen molar-refractivity contribution in [1.82, 2.24) is 9.59 Å². The number of halogens is 2. The molecule has 0 saturated heterocycles. The molecule has 2 rings (SSSR count). The number of fused-ring (bicyclic) bond motifs is 1. The second-order valence-electron chi connectivity index (χ2n) is 2.27. The van der Waals surface area contributed by atoms with Crippen molar-refractivity contribution in [1.29, 1.82) is 0 Å². The predicted octanol–water partition coefficient (Wildman–Crippen LogP) is 3.48. The standard InChI is InChI=1S/C7H4Br2N2S/c8-7(9)4-2-1-3-5-6(4)10-11-12-5/h1-3,7H. The molecule has 0 aliphatic carbocycles. The molecule has 0 bridgehead atoms. The largest absolute Gasteiger partial charge is 0.138 e. The molecule has 0 aliphatic rings. The zero-order valence-corrected chi connectivity index (χ0v) is 9.86. The molecule has 1 aromatic heterocycles. The van der Waals surface area contributed by atoms with Gasteiger partial charge in [0.25, 0.3) is 0 Å². The average molecular weight is 308 g/mol. The van der Waals surface area contributed by atoms with E-state index < -0.39 is 0 Å². The number of aromatic nitrogens is 2. The van der Waals surface area contributed by atoms with Gasteiger partial charge in [0.1, 0.15) is 5.52 Å². The molecule has 0 amide bonds. The summed E-state index contributed by atoms with van der Waals surface area (Å²) in [6, 6.07) is 6.05. The Morgan fingerprint density at radius 2 is 2.17 bits per heavy atom. The maximum atomic E-state index is 4.05. The molecule has 12 heavy (non-hydrogen) atoms. The van der Waals surface area contributed by atoms with Gasteiger partial charge in [-0.25, -0.2) is 0 Å². The smallest absolute Gasteiger partial charge is 0.111 e. The van der Waals surface area contributed by atoms with Gasteiger partial charge in [0.2, 0.25) is 0 Å². The molecule has 0 N–H and O–H groups in total. The number of nitrogens with zero attached hydrogens (tertiary/aromatic N) is 2. The third-order valence-corrected chi connectivity index (χ3v) is 3.22. The zero-order chi connectivity index (χ0) is 8.55. The van der Waals surface area contributed by atoms with Gasteiger partial charge in [0.05, 0.1) is 8.44 Å². The molecular formula is C7H4Br2N2S. The van der Waals surface area contributed by atoms with E-state index in [1.54, 1.807) is 0 Å². The second kappa shape index (κ2) is 3.40. The van der Waals surface area contributed by atoms with E-state index in [4.69, 9.17) is 0 Å². The highest BCUT2D eigenvalue weighted by atomic mass is 79.9. The third kappa shape index (κ3) is 1.41. The zero-order valence-electron chi connectivity index (χ0n) is 5.87. The number of rotatable bonds is 1. The highest BCUT2D eigenvalue weighted by Gasteiger charge is 2.09. The van der Waals surface area contributed by atoms with Crippen LogP contribution >= 0.6 is 43.4 Å². The van der Waals surface area contributed by atoms with Crippen LogP contribution in [0, 0.1) is 0 Å². The fourth-order valence-corrected chi connectivity index (χ4v) is 2.34. The van der Waals surface area contributed by atoms with Gasteiger partial charge in [-0.1, -0.05) is 48.5 Å². The van der Waals surface area contributed by atoms with E-state index in [0.29, 0.717) is 0 Å². The van der Waals surface area contributed by atoms with Crippen LogP contribution in [0.25, 0.3) is 10.2 Å². The summed E-state index contributed by atoms with van der Waals surface area (Å²) in [7, 11) is 0. The molecule has 0 aliphatic heterocycles. The summed E-state index contributed by atoms with van der Waals surface area (Å²) in [5.74, 6) is 0. The Hall–Kier alpha value is -0.000000000000000111. The van der Waals surface area contributed by atoms with E-state index in [0.717, 1.165) is 15.8 Å². The Morgan fingerprint density at radius 3 is 2.92 bits per heavy atom. The van der Waals surface area contributed by atoms with Crippen molar-refractivity contribution in [3.05, 3.63) is 23.8 Å². The number of hydrogen-bond donors (Lipinski definition) is 0. The Morgan fingerprint density at radius 1 is 1.33 bits per heavy atom. The summed E-state index contributed by atoms with van der Waals surface area (Å²) in [5, 5.41) is 4.05. The first-order valence-corrected chi connectivity index (χ1v) is 5.88. The summed E-state index contributed by atoms with van der Waals surface area (Å²) >= 11 is 8.30. The van der Waals surface area contributed by atoms with Crippen molar-refractivity contribution in [3.8, 4) is 0 Å². The highest BCUT2D eigenvalue weighted by Crippen LogP contribution is 2.33. The van der Waals surface area contributed by atoms with Crippen molar-refractivity contribution < 1.29 is 0 Å². The molecule has 0 unspecified atom stereocenters. The third-order valence-electron chi connectivity index (χ3n) is 1.55. The van der Waals surface area contributed by atoms with Gasteiger partial charge in [-0.15, -0.1) is 5.10 Å². The molecule has 5 heteroatoms. The molecule has 0 atom stereocenters. The Bertz CT molecular complexity index is 399. The second-order valence-corrected chi connectivity index (χ2v) is 6.11. The predicted molar refractivity (Wildman–Crippen MR) is 58.0 cm³/mol. The minimum Gasteiger partial charge on any atom is -0.138 e. The fraction of sp³-hybridized carbons (Fsp3) is 0.143. The van der Waals surface area contributed by atoms with Crippen LogP contribution in [0.1, 0.15) is 9.30 Å². The first kappa shape index (κ1) is 8.59. The average Bonchev–Trinajstić information content (AvgIpc) is 2.49. The van der Waals surface area contributed by atoms with E-state index in [9.17, 15) is 0 Å². The summed E-state index contributed by atoms with van der Waals surface area (Å²) in [6.07, 6.45) is 0. The van der Waals surface area contributed by atoms with Crippen LogP contribution in [-0.4, -0.2) is 9.59 Å². The van der Waals surface area contributed by atoms with E-state index >= 15 is 0 Å². The Labute approximate surface area is 90.4 Å². The summed E-state index contributed by atoms with van der Waals surface area (Å²) in [6.45, 7) is 0. The first-order valence-electron chi connectivity index (χ1n) is 3.28. The van der Waals surface area contributed by atoms with Gasteiger partial charge in [-0.05, 0) is 17.6 Å². The van der Waals surface area contributed by atoms with Crippen LogP contribution in [0.5, 0.6) is 0 Å². The maximum absolute atomic E-state index is 4.05. The van der Waals surface area contributed by atoms with Gasteiger partial charge < -0.3 is 0 Å². The molecule has 0 saturated carbocycles. The summed E-state index contributed by atoms with van der Waals surface area (Å²) in [4.78, 5) is 0. The number of benzene rings is 1. The van der Waals surface area contributed by atoms with Gasteiger partial charge in [-0.2, -0.15) is 0 Å². The van der Waals surface area contributed by atoms with Crippen molar-refractivity contribution >= 4 is 53.6 Å². The van der Waals surface area contributed by atoms with E-state index in [1.165, 1.54) is 11.5 Å². The van der Waals surface area contributed by atoms with Crippen LogP contribution in [0.3, 0.4) is 0 Å². The van der Waals surface area contributed by atoms with E-state index in [-0.39, 0.29) is 3.74 Å². The Kier molecular flexibility index (Phi) is 2.43. The molecule has 62 valence electrons. The maximum Gasteiger partial charge on any atom is 0.111 e. The van der Waals surface area contributed by atoms with Crippen LogP contribution < -0.4 is 0 Å². The summed E-state index contributed by atoms with van der Waals surface area (Å²) < 4.78 is 5.17. The topological polar surface area (TPSA) is 25.8 Å². The Balaban J connectivity index is 2.73. The van der Waals surface area contributed by atoms with Gasteiger partial charge in [0.15, 0.2) is 0 Å². The molecule has 0 spiro atoms. The molecule has 2 nitrogen and oxygen atoms in total. The summed E-state index contributed by atoms with van der Waals surface area (Å²) in [5.41, 5.74) is 2.10. The normalized spacial score (nSPS) is 11.2. The lowest BCUT2D eigenvalue weighted by Gasteiger charge is -2.00. The minimum absolute atomic E-state index is 0.151. The number of alkyl halides is 2. The molecule has 0 radical (unpaired) electrons. The fourth-order valence-electron chi connectivity index (χ4n) is 1.00. The number of hydrogen-bond acceptors (Lipinski definition) is 3. The minimum atomic E-state index is 0.151. The molecule has 1 heterocycles. The van der Waals surface area contributed by atoms with Crippen molar-refractivity contribution in [3.63, 3.8) is 0 Å². The van der Waals surface area contributed by atoms with Crippen LogP contribution in [0.15, 0.2) is 18.2 Å². The quantitative estimate of drug-likeness (QED) is 0.754. The van der Waals surface area contributed by atoms with Crippen molar-refractivity contribution in [2.75, 3.05) is 0 Å². The van der Waals surface area contributed by atoms with E-state index in [2.05, 4.69) is 41.4 Å². The van der Waals surface area contributed by atoms with Gasteiger partial charge in [-0.3, -0.25) is 0 Å². The lowest BCUT2D eigenvalue weighted by molar-refractivity contribution is 1.18. The van der Waals surface area contributed by atoms with Crippen molar-refractivity contribution in [2.45, 2.75) is 3.74 Å². The van der Waals surface area contributed by atoms with Crippen molar-refractivity contribution in [2.24, 2.45) is 0 Å². The lowest BCUT2D eigenvalue weighted by atomic mass is 10.2. The monoisotopic (exact) mass is 306 g/mol. The first-order chi connectivity index (χ1) is 5.79. The SMILES string of the molecule is BrC(Br)c1cccc2snnc12.